The number of hydrogen-bond acceptors (Lipinski definition) is 3. The second-order valence-corrected chi connectivity index (χ2v) is 7.51. The molecular formula is C25H34N2O3. The Labute approximate surface area is 180 Å². The molecule has 0 saturated heterocycles. The summed E-state index contributed by atoms with van der Waals surface area (Å²) in [5.41, 5.74) is 3.36. The van der Waals surface area contributed by atoms with E-state index in [4.69, 9.17) is 4.74 Å². The lowest BCUT2D eigenvalue weighted by Crippen LogP contribution is -2.50. The highest BCUT2D eigenvalue weighted by Crippen LogP contribution is 2.16. The molecule has 0 bridgehead atoms. The first-order valence-corrected chi connectivity index (χ1v) is 10.8. The highest BCUT2D eigenvalue weighted by molar-refractivity contribution is 5.88. The zero-order valence-corrected chi connectivity index (χ0v) is 18.6. The van der Waals surface area contributed by atoms with Crippen LogP contribution in [0, 0.1) is 6.92 Å². The first kappa shape index (κ1) is 23.5. The van der Waals surface area contributed by atoms with Crippen LogP contribution in [0.2, 0.25) is 0 Å². The maximum Gasteiger partial charge on any atom is 0.261 e. The van der Waals surface area contributed by atoms with Crippen molar-refractivity contribution < 1.29 is 14.3 Å². The van der Waals surface area contributed by atoms with Gasteiger partial charge in [-0.3, -0.25) is 9.59 Å². The fraction of sp³-hybridized carbons (Fsp3) is 0.440. The van der Waals surface area contributed by atoms with Gasteiger partial charge in [0.15, 0.2) is 6.61 Å². The molecule has 5 nitrogen and oxygen atoms in total. The van der Waals surface area contributed by atoms with E-state index in [0.29, 0.717) is 25.3 Å². The van der Waals surface area contributed by atoms with Gasteiger partial charge in [0.2, 0.25) is 5.91 Å². The highest BCUT2D eigenvalue weighted by atomic mass is 16.5. The summed E-state index contributed by atoms with van der Waals surface area (Å²) in [7, 11) is 0. The molecule has 162 valence electrons. The molecule has 0 saturated carbocycles. The Bertz CT molecular complexity index is 800. The number of amides is 2. The molecule has 2 rings (SSSR count). The maximum absolute atomic E-state index is 13.1. The average molecular weight is 411 g/mol. The van der Waals surface area contributed by atoms with E-state index in [1.807, 2.05) is 69.3 Å². The van der Waals surface area contributed by atoms with E-state index >= 15 is 0 Å². The van der Waals surface area contributed by atoms with Crippen LogP contribution in [0.3, 0.4) is 0 Å². The molecule has 0 aliphatic carbocycles. The second-order valence-electron chi connectivity index (χ2n) is 7.51. The van der Waals surface area contributed by atoms with E-state index < -0.39 is 6.04 Å². The Balaban J connectivity index is 2.15. The molecule has 5 heteroatoms. The van der Waals surface area contributed by atoms with Crippen LogP contribution in [0.5, 0.6) is 5.75 Å². The van der Waals surface area contributed by atoms with Crippen LogP contribution in [0.1, 0.15) is 50.3 Å². The number of aryl methyl sites for hydroxylation is 2. The molecule has 2 amide bonds. The standard InChI is InChI=1S/C25H34N2O3/c1-5-16-26-25(29)23(7-3)27(17-21-10-8-19(4)9-11-21)24(28)18-30-22-14-12-20(6-2)13-15-22/h8-15,23H,5-7,16-18H2,1-4H3,(H,26,29)/t23-/m0/s1. The highest BCUT2D eigenvalue weighted by Gasteiger charge is 2.28. The Morgan fingerprint density at radius 3 is 2.17 bits per heavy atom. The van der Waals surface area contributed by atoms with Crippen molar-refractivity contribution in [3.05, 3.63) is 65.2 Å². The number of nitrogens with zero attached hydrogens (tertiary/aromatic N) is 1. The Hall–Kier alpha value is -2.82. The minimum atomic E-state index is -0.531. The third kappa shape index (κ3) is 6.90. The van der Waals surface area contributed by atoms with Crippen molar-refractivity contribution in [3.63, 3.8) is 0 Å². The van der Waals surface area contributed by atoms with Gasteiger partial charge in [0.05, 0.1) is 0 Å². The van der Waals surface area contributed by atoms with Gasteiger partial charge in [0.1, 0.15) is 11.8 Å². The van der Waals surface area contributed by atoms with Gasteiger partial charge in [-0.05, 0) is 49.4 Å². The van der Waals surface area contributed by atoms with E-state index in [0.717, 1.165) is 24.0 Å². The molecule has 0 aliphatic heterocycles. The second kappa shape index (κ2) is 12.0. The van der Waals surface area contributed by atoms with E-state index in [-0.39, 0.29) is 18.4 Å². The number of ether oxygens (including phenoxy) is 1. The molecule has 1 atom stereocenters. The minimum Gasteiger partial charge on any atom is -0.484 e. The molecule has 0 aliphatic rings. The van der Waals surface area contributed by atoms with Crippen LogP contribution >= 0.6 is 0 Å². The molecule has 2 aromatic rings. The zero-order chi connectivity index (χ0) is 21.9. The summed E-state index contributed by atoms with van der Waals surface area (Å²) in [5, 5.41) is 2.93. The quantitative estimate of drug-likeness (QED) is 0.602. The van der Waals surface area contributed by atoms with Crippen LogP contribution in [-0.2, 0) is 22.6 Å². The lowest BCUT2D eigenvalue weighted by atomic mass is 10.1. The van der Waals surface area contributed by atoms with Crippen molar-refractivity contribution in [2.24, 2.45) is 0 Å². The smallest absolute Gasteiger partial charge is 0.261 e. The Kier molecular flexibility index (Phi) is 9.39. The third-order valence-corrected chi connectivity index (χ3v) is 5.10. The number of carbonyl (C=O) groups excluding carboxylic acids is 2. The molecule has 1 N–H and O–H groups in total. The van der Waals surface area contributed by atoms with Gasteiger partial charge in [-0.2, -0.15) is 0 Å². The summed E-state index contributed by atoms with van der Waals surface area (Å²) in [6.45, 7) is 8.92. The largest absolute Gasteiger partial charge is 0.484 e. The number of rotatable bonds is 11. The summed E-state index contributed by atoms with van der Waals surface area (Å²) in [4.78, 5) is 27.5. The summed E-state index contributed by atoms with van der Waals surface area (Å²) in [6, 6.07) is 15.2. The van der Waals surface area contributed by atoms with Crippen molar-refractivity contribution >= 4 is 11.8 Å². The lowest BCUT2D eigenvalue weighted by Gasteiger charge is -2.30. The van der Waals surface area contributed by atoms with E-state index in [2.05, 4.69) is 12.2 Å². The molecule has 2 aromatic carbocycles. The summed E-state index contributed by atoms with van der Waals surface area (Å²) >= 11 is 0. The monoisotopic (exact) mass is 410 g/mol. The van der Waals surface area contributed by atoms with Crippen molar-refractivity contribution in [2.45, 2.75) is 59.5 Å². The predicted octanol–water partition coefficient (Wildman–Crippen LogP) is 4.27. The Morgan fingerprint density at radius 1 is 0.967 bits per heavy atom. The predicted molar refractivity (Wildman–Crippen MR) is 120 cm³/mol. The third-order valence-electron chi connectivity index (χ3n) is 5.10. The van der Waals surface area contributed by atoms with E-state index in [9.17, 15) is 9.59 Å². The number of benzene rings is 2. The van der Waals surface area contributed by atoms with Gasteiger partial charge in [-0.1, -0.05) is 62.7 Å². The van der Waals surface area contributed by atoms with Crippen molar-refractivity contribution in [1.82, 2.24) is 10.2 Å². The normalized spacial score (nSPS) is 11.6. The molecule has 0 spiro atoms. The molecule has 0 radical (unpaired) electrons. The summed E-state index contributed by atoms with van der Waals surface area (Å²) < 4.78 is 5.74. The summed E-state index contributed by atoms with van der Waals surface area (Å²) in [6.07, 6.45) is 2.35. The molecule has 0 fully saturated rings. The molecule has 0 heterocycles. The van der Waals surface area contributed by atoms with Crippen LogP contribution in [0.25, 0.3) is 0 Å². The first-order valence-electron chi connectivity index (χ1n) is 10.8. The van der Waals surface area contributed by atoms with Crippen molar-refractivity contribution in [2.75, 3.05) is 13.2 Å². The maximum atomic E-state index is 13.1. The van der Waals surface area contributed by atoms with Gasteiger partial charge < -0.3 is 15.0 Å². The van der Waals surface area contributed by atoms with Crippen molar-refractivity contribution in [1.29, 1.82) is 0 Å². The fourth-order valence-electron chi connectivity index (χ4n) is 3.23. The molecule has 0 unspecified atom stereocenters. The van der Waals surface area contributed by atoms with Crippen LogP contribution < -0.4 is 10.1 Å². The summed E-state index contributed by atoms with van der Waals surface area (Å²) in [5.74, 6) is 0.333. The molecule has 0 aromatic heterocycles. The lowest BCUT2D eigenvalue weighted by molar-refractivity contribution is -0.143. The van der Waals surface area contributed by atoms with Gasteiger partial charge in [-0.15, -0.1) is 0 Å². The van der Waals surface area contributed by atoms with E-state index in [1.165, 1.54) is 5.56 Å². The van der Waals surface area contributed by atoms with Crippen LogP contribution in [0.4, 0.5) is 0 Å². The van der Waals surface area contributed by atoms with Gasteiger partial charge in [-0.25, -0.2) is 0 Å². The van der Waals surface area contributed by atoms with Crippen LogP contribution in [0.15, 0.2) is 48.5 Å². The number of carbonyl (C=O) groups is 2. The minimum absolute atomic E-state index is 0.102. The number of hydrogen-bond donors (Lipinski definition) is 1. The first-order chi connectivity index (χ1) is 14.5. The Morgan fingerprint density at radius 2 is 1.60 bits per heavy atom. The zero-order valence-electron chi connectivity index (χ0n) is 18.6. The molecular weight excluding hydrogens is 376 g/mol. The SMILES string of the molecule is CCCNC(=O)[C@H](CC)N(Cc1ccc(C)cc1)C(=O)COc1ccc(CC)cc1. The fourth-order valence-corrected chi connectivity index (χ4v) is 3.23. The van der Waals surface area contributed by atoms with E-state index in [1.54, 1.807) is 4.90 Å². The van der Waals surface area contributed by atoms with Crippen LogP contribution in [-0.4, -0.2) is 35.9 Å². The number of nitrogens with one attached hydrogen (secondary N) is 1. The topological polar surface area (TPSA) is 58.6 Å². The van der Waals surface area contributed by atoms with Gasteiger partial charge >= 0.3 is 0 Å². The van der Waals surface area contributed by atoms with Crippen molar-refractivity contribution in [3.8, 4) is 5.75 Å². The van der Waals surface area contributed by atoms with Gasteiger partial charge in [0, 0.05) is 13.1 Å². The average Bonchev–Trinajstić information content (AvgIpc) is 2.77. The van der Waals surface area contributed by atoms with Gasteiger partial charge in [0.25, 0.3) is 5.91 Å². The molecule has 30 heavy (non-hydrogen) atoms.